The first kappa shape index (κ1) is 14.4. The van der Waals surface area contributed by atoms with E-state index >= 15 is 0 Å². The summed E-state index contributed by atoms with van der Waals surface area (Å²) in [5, 5.41) is 4.09. The Morgan fingerprint density at radius 3 is 2.86 bits per heavy atom. The van der Waals surface area contributed by atoms with Gasteiger partial charge in [0.05, 0.1) is 16.6 Å². The summed E-state index contributed by atoms with van der Waals surface area (Å²) in [5.41, 5.74) is 1.83. The molecule has 1 aromatic carbocycles. The first-order valence-electron chi connectivity index (χ1n) is 6.81. The lowest BCUT2D eigenvalue weighted by Gasteiger charge is -2.13. The van der Waals surface area contributed by atoms with Gasteiger partial charge in [-0.25, -0.2) is 0 Å². The van der Waals surface area contributed by atoms with Crippen molar-refractivity contribution in [1.29, 1.82) is 0 Å². The van der Waals surface area contributed by atoms with Crippen LogP contribution < -0.4 is 10.9 Å². The van der Waals surface area contributed by atoms with Crippen LogP contribution in [0.4, 0.5) is 0 Å². The molecule has 6 heteroatoms. The average Bonchev–Trinajstić information content (AvgIpc) is 2.92. The van der Waals surface area contributed by atoms with E-state index in [1.165, 1.54) is 6.07 Å². The maximum absolute atomic E-state index is 12.5. The van der Waals surface area contributed by atoms with E-state index in [2.05, 4.69) is 15.3 Å². The molecule has 0 saturated carbocycles. The van der Waals surface area contributed by atoms with Gasteiger partial charge in [-0.1, -0.05) is 17.7 Å². The van der Waals surface area contributed by atoms with Gasteiger partial charge in [0.1, 0.15) is 0 Å². The molecule has 5 nitrogen and oxygen atoms in total. The fraction of sp³-hybridized carbons (Fsp3) is 0.125. The highest BCUT2D eigenvalue weighted by Crippen LogP contribution is 2.26. The molecule has 1 atom stereocenters. The van der Waals surface area contributed by atoms with Crippen LogP contribution >= 0.6 is 11.6 Å². The number of rotatable bonds is 3. The Labute approximate surface area is 131 Å². The van der Waals surface area contributed by atoms with E-state index in [-0.39, 0.29) is 17.5 Å². The van der Waals surface area contributed by atoms with Crippen molar-refractivity contribution >= 4 is 28.4 Å². The van der Waals surface area contributed by atoms with Gasteiger partial charge >= 0.3 is 0 Å². The second-order valence-corrected chi connectivity index (χ2v) is 5.45. The van der Waals surface area contributed by atoms with Gasteiger partial charge in [-0.05, 0) is 30.7 Å². The SMILES string of the molecule is CC(NC(=O)c1c[nH]c2cccc(Cl)c12)c1cc[nH]c(=O)c1. The summed E-state index contributed by atoms with van der Waals surface area (Å²) >= 11 is 6.18. The van der Waals surface area contributed by atoms with Crippen LogP contribution in [0.3, 0.4) is 0 Å². The van der Waals surface area contributed by atoms with Gasteiger partial charge in [-0.15, -0.1) is 0 Å². The van der Waals surface area contributed by atoms with Crippen molar-refractivity contribution in [2.24, 2.45) is 0 Å². The van der Waals surface area contributed by atoms with Gasteiger partial charge in [0, 0.05) is 29.4 Å². The number of amides is 1. The standard InChI is InChI=1S/C16H14ClN3O2/c1-9(10-5-6-18-14(21)7-10)20-16(22)11-8-19-13-4-2-3-12(17)15(11)13/h2-9,19H,1H3,(H,18,21)(H,20,22). The molecule has 0 saturated heterocycles. The third-order valence-corrected chi connectivity index (χ3v) is 3.86. The van der Waals surface area contributed by atoms with Crippen molar-refractivity contribution in [3.8, 4) is 0 Å². The Kier molecular flexibility index (Phi) is 3.73. The third kappa shape index (κ3) is 2.63. The van der Waals surface area contributed by atoms with Crippen LogP contribution in [0, 0.1) is 0 Å². The maximum Gasteiger partial charge on any atom is 0.253 e. The van der Waals surface area contributed by atoms with Crippen LogP contribution in [0.1, 0.15) is 28.9 Å². The number of aromatic nitrogens is 2. The normalized spacial score (nSPS) is 12.3. The summed E-state index contributed by atoms with van der Waals surface area (Å²) in [6.07, 6.45) is 3.19. The number of benzene rings is 1. The molecule has 2 heterocycles. The molecule has 0 radical (unpaired) electrons. The summed E-state index contributed by atoms with van der Waals surface area (Å²) in [7, 11) is 0. The van der Waals surface area contributed by atoms with Crippen LogP contribution in [0.5, 0.6) is 0 Å². The van der Waals surface area contributed by atoms with E-state index in [1.807, 2.05) is 19.1 Å². The number of hydrogen-bond acceptors (Lipinski definition) is 2. The molecule has 3 aromatic rings. The number of carbonyl (C=O) groups excluding carboxylic acids is 1. The van der Waals surface area contributed by atoms with Crippen molar-refractivity contribution in [2.75, 3.05) is 0 Å². The molecular formula is C16H14ClN3O2. The summed E-state index contributed by atoms with van der Waals surface area (Å²) in [5.74, 6) is -0.243. The zero-order valence-corrected chi connectivity index (χ0v) is 12.6. The predicted octanol–water partition coefficient (Wildman–Crippen LogP) is 3.00. The van der Waals surface area contributed by atoms with Gasteiger partial charge in [-0.2, -0.15) is 0 Å². The van der Waals surface area contributed by atoms with E-state index in [0.717, 1.165) is 11.1 Å². The highest BCUT2D eigenvalue weighted by Gasteiger charge is 2.17. The minimum atomic E-state index is -0.290. The van der Waals surface area contributed by atoms with Crippen molar-refractivity contribution in [1.82, 2.24) is 15.3 Å². The van der Waals surface area contributed by atoms with E-state index in [1.54, 1.807) is 24.5 Å². The molecule has 2 aromatic heterocycles. The highest BCUT2D eigenvalue weighted by molar-refractivity contribution is 6.36. The number of nitrogens with one attached hydrogen (secondary N) is 3. The van der Waals surface area contributed by atoms with Gasteiger partial charge < -0.3 is 15.3 Å². The summed E-state index contributed by atoms with van der Waals surface area (Å²) < 4.78 is 0. The molecule has 1 unspecified atom stereocenters. The molecule has 0 aliphatic heterocycles. The van der Waals surface area contributed by atoms with Crippen LogP contribution in [-0.2, 0) is 0 Å². The number of halogens is 1. The maximum atomic E-state index is 12.5. The highest BCUT2D eigenvalue weighted by atomic mass is 35.5. The van der Waals surface area contributed by atoms with E-state index in [0.29, 0.717) is 16.0 Å². The molecule has 0 aliphatic carbocycles. The molecule has 0 bridgehead atoms. The monoisotopic (exact) mass is 315 g/mol. The molecule has 3 N–H and O–H groups in total. The number of carbonyl (C=O) groups is 1. The summed E-state index contributed by atoms with van der Waals surface area (Å²) in [4.78, 5) is 29.4. The number of hydrogen-bond donors (Lipinski definition) is 3. The number of aromatic amines is 2. The van der Waals surface area contributed by atoms with E-state index in [4.69, 9.17) is 11.6 Å². The minimum Gasteiger partial charge on any atom is -0.360 e. The van der Waals surface area contributed by atoms with Crippen LogP contribution in [0.2, 0.25) is 5.02 Å². The van der Waals surface area contributed by atoms with Crippen molar-refractivity contribution in [3.63, 3.8) is 0 Å². The lowest BCUT2D eigenvalue weighted by atomic mass is 10.1. The van der Waals surface area contributed by atoms with Crippen LogP contribution in [0.25, 0.3) is 10.9 Å². The lowest BCUT2D eigenvalue weighted by molar-refractivity contribution is 0.0941. The predicted molar refractivity (Wildman–Crippen MR) is 86.3 cm³/mol. The Balaban J connectivity index is 1.89. The molecule has 0 aliphatic rings. The van der Waals surface area contributed by atoms with Crippen molar-refractivity contribution < 1.29 is 4.79 Å². The molecule has 3 rings (SSSR count). The second kappa shape index (κ2) is 5.69. The molecule has 0 spiro atoms. The Morgan fingerprint density at radius 1 is 1.27 bits per heavy atom. The van der Waals surface area contributed by atoms with Gasteiger partial charge in [0.25, 0.3) is 5.91 Å². The van der Waals surface area contributed by atoms with Gasteiger partial charge in [-0.3, -0.25) is 9.59 Å². The third-order valence-electron chi connectivity index (χ3n) is 3.55. The zero-order chi connectivity index (χ0) is 15.7. The first-order valence-corrected chi connectivity index (χ1v) is 7.19. The number of fused-ring (bicyclic) bond motifs is 1. The molecule has 112 valence electrons. The van der Waals surface area contributed by atoms with E-state index < -0.39 is 0 Å². The summed E-state index contributed by atoms with van der Waals surface area (Å²) in [6, 6.07) is 8.36. The molecule has 22 heavy (non-hydrogen) atoms. The second-order valence-electron chi connectivity index (χ2n) is 5.05. The summed E-state index contributed by atoms with van der Waals surface area (Å²) in [6.45, 7) is 1.82. The Morgan fingerprint density at radius 2 is 2.09 bits per heavy atom. The molecule has 0 fully saturated rings. The van der Waals surface area contributed by atoms with Crippen LogP contribution in [0.15, 0.2) is 47.5 Å². The topological polar surface area (TPSA) is 77.8 Å². The number of pyridine rings is 1. The van der Waals surface area contributed by atoms with Crippen molar-refractivity contribution in [3.05, 3.63) is 69.2 Å². The largest absolute Gasteiger partial charge is 0.360 e. The Hall–Kier alpha value is -2.53. The van der Waals surface area contributed by atoms with Gasteiger partial charge in [0.2, 0.25) is 5.56 Å². The fourth-order valence-corrected chi connectivity index (χ4v) is 2.68. The number of H-pyrrole nitrogens is 2. The van der Waals surface area contributed by atoms with E-state index in [9.17, 15) is 9.59 Å². The zero-order valence-electron chi connectivity index (χ0n) is 11.8. The minimum absolute atomic E-state index is 0.200. The Bertz CT molecular complexity index is 898. The van der Waals surface area contributed by atoms with Gasteiger partial charge in [0.15, 0.2) is 0 Å². The molecule has 1 amide bonds. The fourth-order valence-electron chi connectivity index (χ4n) is 2.41. The molecular weight excluding hydrogens is 302 g/mol. The first-order chi connectivity index (χ1) is 10.6. The lowest BCUT2D eigenvalue weighted by Crippen LogP contribution is -2.27. The quantitative estimate of drug-likeness (QED) is 0.694. The average molecular weight is 316 g/mol. The smallest absolute Gasteiger partial charge is 0.253 e. The van der Waals surface area contributed by atoms with Crippen molar-refractivity contribution in [2.45, 2.75) is 13.0 Å². The van der Waals surface area contributed by atoms with Crippen LogP contribution in [-0.4, -0.2) is 15.9 Å².